The molecule has 0 radical (unpaired) electrons. The number of benzene rings is 1. The first kappa shape index (κ1) is 17.9. The van der Waals surface area contributed by atoms with Crippen molar-refractivity contribution < 1.29 is 14.3 Å². The molecule has 1 amide bonds. The van der Waals surface area contributed by atoms with Crippen LogP contribution in [0.5, 0.6) is 0 Å². The number of nitrogens with one attached hydrogen (secondary N) is 1. The lowest BCUT2D eigenvalue weighted by atomic mass is 10.2. The van der Waals surface area contributed by atoms with Gasteiger partial charge in [-0.15, -0.1) is 10.2 Å². The minimum atomic E-state index is -0.588. The molecule has 1 atom stereocenters. The summed E-state index contributed by atoms with van der Waals surface area (Å²) in [6.07, 6.45) is -0.553. The van der Waals surface area contributed by atoms with Crippen LogP contribution in [0.25, 0.3) is 0 Å². The van der Waals surface area contributed by atoms with Gasteiger partial charge in [0.05, 0.1) is 20.3 Å². The SMILES string of the molecule is Cn1nnc([C@H](COCc2ccccc2)NC(=O)OC(C)(C)C)n1. The molecule has 1 aromatic carbocycles. The van der Waals surface area contributed by atoms with E-state index in [4.69, 9.17) is 9.47 Å². The van der Waals surface area contributed by atoms with Crippen LogP contribution in [0.15, 0.2) is 30.3 Å². The lowest BCUT2D eigenvalue weighted by molar-refractivity contribution is 0.0420. The summed E-state index contributed by atoms with van der Waals surface area (Å²) in [7, 11) is 1.66. The van der Waals surface area contributed by atoms with E-state index in [0.717, 1.165) is 5.56 Å². The van der Waals surface area contributed by atoms with Crippen molar-refractivity contribution in [2.75, 3.05) is 6.61 Å². The predicted octanol–water partition coefficient (Wildman–Crippen LogP) is 1.99. The Morgan fingerprint density at radius 1 is 1.29 bits per heavy atom. The number of ether oxygens (including phenoxy) is 2. The number of hydrogen-bond acceptors (Lipinski definition) is 6. The number of nitrogens with zero attached hydrogens (tertiary/aromatic N) is 4. The zero-order valence-corrected chi connectivity index (χ0v) is 14.4. The minimum absolute atomic E-state index is 0.208. The average Bonchev–Trinajstić information content (AvgIpc) is 2.92. The Hall–Kier alpha value is -2.48. The van der Waals surface area contributed by atoms with Gasteiger partial charge in [-0.1, -0.05) is 30.3 Å². The fourth-order valence-corrected chi connectivity index (χ4v) is 1.94. The molecular formula is C16H23N5O3. The topological polar surface area (TPSA) is 91.2 Å². The monoisotopic (exact) mass is 333 g/mol. The van der Waals surface area contributed by atoms with Crippen LogP contribution in [-0.2, 0) is 23.1 Å². The van der Waals surface area contributed by atoms with Gasteiger partial charge in [0, 0.05) is 0 Å². The van der Waals surface area contributed by atoms with E-state index in [9.17, 15) is 4.79 Å². The minimum Gasteiger partial charge on any atom is -0.444 e. The number of carbonyl (C=O) groups excluding carboxylic acids is 1. The van der Waals surface area contributed by atoms with Gasteiger partial charge in [-0.05, 0) is 31.5 Å². The Morgan fingerprint density at radius 2 is 2.00 bits per heavy atom. The molecule has 130 valence electrons. The Labute approximate surface area is 141 Å². The van der Waals surface area contributed by atoms with Gasteiger partial charge in [-0.2, -0.15) is 4.80 Å². The first-order valence-corrected chi connectivity index (χ1v) is 7.68. The Morgan fingerprint density at radius 3 is 2.58 bits per heavy atom. The quantitative estimate of drug-likeness (QED) is 0.869. The van der Waals surface area contributed by atoms with Crippen molar-refractivity contribution in [1.29, 1.82) is 0 Å². The lowest BCUT2D eigenvalue weighted by Crippen LogP contribution is -2.37. The number of aryl methyl sites for hydroxylation is 1. The highest BCUT2D eigenvalue weighted by molar-refractivity contribution is 5.68. The van der Waals surface area contributed by atoms with Crippen LogP contribution in [0.3, 0.4) is 0 Å². The molecule has 1 aromatic heterocycles. The molecule has 2 aromatic rings. The maximum Gasteiger partial charge on any atom is 0.408 e. The first-order valence-electron chi connectivity index (χ1n) is 7.68. The number of alkyl carbamates (subject to hydrolysis) is 1. The van der Waals surface area contributed by atoms with Gasteiger partial charge < -0.3 is 14.8 Å². The van der Waals surface area contributed by atoms with E-state index in [1.165, 1.54) is 4.80 Å². The molecule has 8 heteroatoms. The van der Waals surface area contributed by atoms with E-state index in [0.29, 0.717) is 12.4 Å². The molecular weight excluding hydrogens is 310 g/mol. The second kappa shape index (κ2) is 7.87. The number of aromatic nitrogens is 4. The van der Waals surface area contributed by atoms with Crippen molar-refractivity contribution >= 4 is 6.09 Å². The molecule has 0 aliphatic heterocycles. The fourth-order valence-electron chi connectivity index (χ4n) is 1.94. The van der Waals surface area contributed by atoms with Crippen molar-refractivity contribution in [2.45, 2.75) is 39.0 Å². The summed E-state index contributed by atoms with van der Waals surface area (Å²) >= 11 is 0. The van der Waals surface area contributed by atoms with Crippen LogP contribution in [0.1, 0.15) is 38.2 Å². The second-order valence-corrected chi connectivity index (χ2v) is 6.34. The van der Waals surface area contributed by atoms with E-state index in [-0.39, 0.29) is 6.61 Å². The fraction of sp³-hybridized carbons (Fsp3) is 0.500. The van der Waals surface area contributed by atoms with Crippen LogP contribution in [-0.4, -0.2) is 38.5 Å². The highest BCUT2D eigenvalue weighted by Crippen LogP contribution is 2.12. The standard InChI is InChI=1S/C16H23N5O3/c1-16(2,3)24-15(22)17-13(14-18-20-21(4)19-14)11-23-10-12-8-6-5-7-9-12/h5-9,13H,10-11H2,1-4H3,(H,17,22)/t13-/m0/s1. The molecule has 0 unspecified atom stereocenters. The van der Waals surface area contributed by atoms with E-state index in [2.05, 4.69) is 20.7 Å². The van der Waals surface area contributed by atoms with Crippen molar-refractivity contribution in [3.05, 3.63) is 41.7 Å². The Bertz CT molecular complexity index is 651. The highest BCUT2D eigenvalue weighted by Gasteiger charge is 2.23. The third kappa shape index (κ3) is 5.96. The van der Waals surface area contributed by atoms with E-state index < -0.39 is 17.7 Å². The molecule has 0 aliphatic carbocycles. The maximum atomic E-state index is 12.0. The zero-order chi connectivity index (χ0) is 17.6. The van der Waals surface area contributed by atoms with Crippen LogP contribution >= 0.6 is 0 Å². The number of carbonyl (C=O) groups is 1. The summed E-state index contributed by atoms with van der Waals surface area (Å²) in [5.74, 6) is 0.372. The summed E-state index contributed by atoms with van der Waals surface area (Å²) < 4.78 is 11.0. The van der Waals surface area contributed by atoms with Crippen molar-refractivity contribution in [1.82, 2.24) is 25.5 Å². The van der Waals surface area contributed by atoms with Gasteiger partial charge in [-0.25, -0.2) is 4.79 Å². The molecule has 2 rings (SSSR count). The van der Waals surface area contributed by atoms with Gasteiger partial charge in [-0.3, -0.25) is 0 Å². The Kier molecular flexibility index (Phi) is 5.86. The molecule has 0 saturated carbocycles. The molecule has 1 N–H and O–H groups in total. The number of hydrogen-bond donors (Lipinski definition) is 1. The van der Waals surface area contributed by atoms with Gasteiger partial charge in [0.25, 0.3) is 0 Å². The summed E-state index contributed by atoms with van der Waals surface area (Å²) in [4.78, 5) is 13.3. The van der Waals surface area contributed by atoms with Crippen molar-refractivity contribution in [3.63, 3.8) is 0 Å². The third-order valence-electron chi connectivity index (χ3n) is 2.92. The number of tetrazole rings is 1. The molecule has 24 heavy (non-hydrogen) atoms. The van der Waals surface area contributed by atoms with Crippen LogP contribution in [0, 0.1) is 0 Å². The largest absolute Gasteiger partial charge is 0.444 e. The molecule has 8 nitrogen and oxygen atoms in total. The van der Waals surface area contributed by atoms with Crippen LogP contribution < -0.4 is 5.32 Å². The molecule has 0 aliphatic rings. The highest BCUT2D eigenvalue weighted by atomic mass is 16.6. The van der Waals surface area contributed by atoms with Gasteiger partial charge in [0.15, 0.2) is 5.82 Å². The summed E-state index contributed by atoms with van der Waals surface area (Å²) in [5, 5.41) is 14.6. The number of rotatable bonds is 6. The van der Waals surface area contributed by atoms with Crippen LogP contribution in [0.2, 0.25) is 0 Å². The van der Waals surface area contributed by atoms with Gasteiger partial charge >= 0.3 is 6.09 Å². The molecule has 0 fully saturated rings. The normalized spacial score (nSPS) is 12.7. The molecule has 0 spiro atoms. The second-order valence-electron chi connectivity index (χ2n) is 6.34. The lowest BCUT2D eigenvalue weighted by Gasteiger charge is -2.22. The third-order valence-corrected chi connectivity index (χ3v) is 2.92. The smallest absolute Gasteiger partial charge is 0.408 e. The zero-order valence-electron chi connectivity index (χ0n) is 14.4. The van der Waals surface area contributed by atoms with Crippen LogP contribution in [0.4, 0.5) is 4.79 Å². The van der Waals surface area contributed by atoms with E-state index in [1.807, 2.05) is 30.3 Å². The summed E-state index contributed by atoms with van der Waals surface area (Å²) in [6, 6.07) is 9.23. The van der Waals surface area contributed by atoms with E-state index >= 15 is 0 Å². The maximum absolute atomic E-state index is 12.0. The van der Waals surface area contributed by atoms with E-state index in [1.54, 1.807) is 27.8 Å². The summed E-state index contributed by atoms with van der Waals surface area (Å²) in [5.41, 5.74) is 0.454. The average molecular weight is 333 g/mol. The van der Waals surface area contributed by atoms with Gasteiger partial charge in [0.1, 0.15) is 11.6 Å². The van der Waals surface area contributed by atoms with Crippen molar-refractivity contribution in [3.8, 4) is 0 Å². The number of amides is 1. The Balaban J connectivity index is 1.96. The first-order chi connectivity index (χ1) is 11.3. The molecule has 0 saturated heterocycles. The predicted molar refractivity (Wildman–Crippen MR) is 87.0 cm³/mol. The van der Waals surface area contributed by atoms with Gasteiger partial charge in [0.2, 0.25) is 0 Å². The molecule has 1 heterocycles. The summed E-state index contributed by atoms with van der Waals surface area (Å²) in [6.45, 7) is 6.03. The van der Waals surface area contributed by atoms with Crippen molar-refractivity contribution in [2.24, 2.45) is 7.05 Å². The molecule has 0 bridgehead atoms.